The van der Waals surface area contributed by atoms with E-state index in [4.69, 9.17) is 17.0 Å². The van der Waals surface area contributed by atoms with Crippen LogP contribution in [0.15, 0.2) is 66.7 Å². The lowest BCUT2D eigenvalue weighted by molar-refractivity contribution is 0.309. The number of aromatic hydroxyl groups is 2. The Balaban J connectivity index is 2.17. The van der Waals surface area contributed by atoms with Crippen LogP contribution in [0.5, 0.6) is 17.2 Å². The molecular formula is C52H74N2O3S. The first-order valence-electron chi connectivity index (χ1n) is 21.0. The van der Waals surface area contributed by atoms with Crippen molar-refractivity contribution in [3.8, 4) is 17.2 Å². The number of para-hydroxylation sites is 1. The Hall–Kier alpha value is -4.03. The number of rotatable bonds is 8. The van der Waals surface area contributed by atoms with E-state index in [-0.39, 0.29) is 44.0 Å². The molecule has 0 heterocycles. The molecule has 6 heteroatoms. The van der Waals surface area contributed by atoms with Crippen LogP contribution in [0.2, 0.25) is 0 Å². The molecule has 58 heavy (non-hydrogen) atoms. The highest BCUT2D eigenvalue weighted by atomic mass is 32.1. The molecular weight excluding hydrogens is 733 g/mol. The number of ether oxygens (including phenoxy) is 1. The second-order valence-corrected chi connectivity index (χ2v) is 22.8. The largest absolute Gasteiger partial charge is 0.507 e. The lowest BCUT2D eigenvalue weighted by atomic mass is 9.70. The summed E-state index contributed by atoms with van der Waals surface area (Å²) in [7, 11) is 0. The molecule has 0 spiro atoms. The summed E-state index contributed by atoms with van der Waals surface area (Å²) in [5.74, 6) is 0.641. The van der Waals surface area contributed by atoms with E-state index in [1.54, 1.807) is 0 Å². The van der Waals surface area contributed by atoms with Gasteiger partial charge in [0.2, 0.25) is 0 Å². The lowest BCUT2D eigenvalue weighted by Crippen LogP contribution is -2.32. The Morgan fingerprint density at radius 2 is 0.914 bits per heavy atom. The molecule has 4 rings (SSSR count). The predicted molar refractivity (Wildman–Crippen MR) is 252 cm³/mol. The minimum absolute atomic E-state index is 0.216. The molecule has 0 aliphatic rings. The van der Waals surface area contributed by atoms with Gasteiger partial charge in [0, 0.05) is 33.9 Å². The molecule has 0 amide bonds. The van der Waals surface area contributed by atoms with Crippen molar-refractivity contribution in [2.75, 3.05) is 18.5 Å². The number of phenols is 2. The summed E-state index contributed by atoms with van der Waals surface area (Å²) in [5, 5.41) is 32.6. The Morgan fingerprint density at radius 3 is 1.29 bits per heavy atom. The van der Waals surface area contributed by atoms with Gasteiger partial charge in [0.15, 0.2) is 5.11 Å². The molecule has 0 atom stereocenters. The molecule has 316 valence electrons. The molecule has 0 bridgehead atoms. The summed E-state index contributed by atoms with van der Waals surface area (Å²) in [4.78, 5) is 0. The van der Waals surface area contributed by atoms with Gasteiger partial charge in [-0.25, -0.2) is 0 Å². The first-order chi connectivity index (χ1) is 26.3. The third kappa shape index (κ3) is 11.0. The fourth-order valence-corrected chi connectivity index (χ4v) is 7.52. The molecule has 4 N–H and O–H groups in total. The van der Waals surface area contributed by atoms with Crippen LogP contribution in [0.3, 0.4) is 0 Å². The van der Waals surface area contributed by atoms with Crippen molar-refractivity contribution in [3.05, 3.63) is 117 Å². The molecule has 4 aromatic rings. The van der Waals surface area contributed by atoms with Gasteiger partial charge in [0.1, 0.15) is 23.9 Å². The fourth-order valence-electron chi connectivity index (χ4n) is 7.30. The Morgan fingerprint density at radius 1 is 0.534 bits per heavy atom. The van der Waals surface area contributed by atoms with E-state index >= 15 is 0 Å². The third-order valence-electron chi connectivity index (χ3n) is 11.0. The van der Waals surface area contributed by atoms with Gasteiger partial charge in [0.25, 0.3) is 0 Å². The summed E-state index contributed by atoms with van der Waals surface area (Å²) in [5.41, 5.74) is 7.82. The second-order valence-electron chi connectivity index (χ2n) is 22.4. The minimum atomic E-state index is -0.598. The standard InChI is InChI=1S/C52H74N2O3S/c1-47(2,3)32-26-36(43(55)39(29-32)50(10,11)12)42(37-27-33(48(4,5)6)30-40(44(37)56)51(13,14)15)38-28-34(49(7,8)9)31-41(52(16,17)18)45(38)57-25-24-53-46(58)54-35-22-20-19-21-23-35/h19-23,26-31,42,55-56H,24-25H2,1-18H3,(H2,53,54,58). The summed E-state index contributed by atoms with van der Waals surface area (Å²) >= 11 is 5.67. The number of hydrogen-bond acceptors (Lipinski definition) is 4. The van der Waals surface area contributed by atoms with Crippen molar-refractivity contribution in [3.63, 3.8) is 0 Å². The van der Waals surface area contributed by atoms with E-state index in [1.807, 2.05) is 30.3 Å². The molecule has 0 aliphatic carbocycles. The van der Waals surface area contributed by atoms with Crippen LogP contribution < -0.4 is 15.4 Å². The maximum atomic E-state index is 12.7. The zero-order chi connectivity index (χ0) is 44.0. The van der Waals surface area contributed by atoms with Crippen molar-refractivity contribution < 1.29 is 14.9 Å². The average molecular weight is 807 g/mol. The van der Waals surface area contributed by atoms with E-state index in [0.717, 1.165) is 61.5 Å². The molecule has 0 unspecified atom stereocenters. The van der Waals surface area contributed by atoms with Crippen molar-refractivity contribution in [2.45, 2.75) is 163 Å². The zero-order valence-electron chi connectivity index (χ0n) is 39.1. The average Bonchev–Trinajstić information content (AvgIpc) is 3.05. The van der Waals surface area contributed by atoms with E-state index in [0.29, 0.717) is 18.3 Å². The van der Waals surface area contributed by atoms with E-state index < -0.39 is 5.92 Å². The maximum Gasteiger partial charge on any atom is 0.170 e. The van der Waals surface area contributed by atoms with Gasteiger partial charge >= 0.3 is 0 Å². The lowest BCUT2D eigenvalue weighted by Gasteiger charge is -2.35. The van der Waals surface area contributed by atoms with E-state index in [1.165, 1.54) is 0 Å². The minimum Gasteiger partial charge on any atom is -0.507 e. The first kappa shape index (κ1) is 46.7. The number of phenolic OH excluding ortho intramolecular Hbond substituents is 2. The van der Waals surface area contributed by atoms with Crippen LogP contribution in [0.1, 0.15) is 181 Å². The molecule has 5 nitrogen and oxygen atoms in total. The molecule has 4 aromatic carbocycles. The summed E-state index contributed by atoms with van der Waals surface area (Å²) < 4.78 is 7.04. The van der Waals surface area contributed by atoms with Crippen LogP contribution in [0, 0.1) is 0 Å². The smallest absolute Gasteiger partial charge is 0.170 e. The van der Waals surface area contributed by atoms with Crippen molar-refractivity contribution in [1.29, 1.82) is 0 Å². The summed E-state index contributed by atoms with van der Waals surface area (Å²) in [6, 6.07) is 23.1. The number of thiocarbonyl (C=S) groups is 1. The predicted octanol–water partition coefficient (Wildman–Crippen LogP) is 13.4. The van der Waals surface area contributed by atoms with Crippen LogP contribution in [-0.2, 0) is 32.5 Å². The summed E-state index contributed by atoms with van der Waals surface area (Å²) in [6.45, 7) is 40.4. The highest BCUT2D eigenvalue weighted by Crippen LogP contribution is 2.53. The number of anilines is 1. The van der Waals surface area contributed by atoms with Crippen molar-refractivity contribution >= 4 is 23.0 Å². The van der Waals surface area contributed by atoms with Crippen LogP contribution in [-0.4, -0.2) is 28.5 Å². The van der Waals surface area contributed by atoms with Gasteiger partial charge in [-0.3, -0.25) is 0 Å². The van der Waals surface area contributed by atoms with Gasteiger partial charge in [-0.2, -0.15) is 0 Å². The monoisotopic (exact) mass is 807 g/mol. The summed E-state index contributed by atoms with van der Waals surface area (Å²) in [6.07, 6.45) is 0. The van der Waals surface area contributed by atoms with Gasteiger partial charge in [0.05, 0.1) is 6.54 Å². The number of benzene rings is 4. The third-order valence-corrected chi connectivity index (χ3v) is 11.3. The highest BCUT2D eigenvalue weighted by Gasteiger charge is 2.37. The van der Waals surface area contributed by atoms with Gasteiger partial charge in [-0.1, -0.05) is 179 Å². The fraction of sp³-hybridized carbons (Fsp3) is 0.519. The number of nitrogens with one attached hydrogen (secondary N) is 2. The molecule has 0 saturated heterocycles. The number of hydrogen-bond donors (Lipinski definition) is 4. The Labute approximate surface area is 357 Å². The molecule has 0 aromatic heterocycles. The molecule has 0 radical (unpaired) electrons. The van der Waals surface area contributed by atoms with Gasteiger partial charge in [-0.15, -0.1) is 0 Å². The first-order valence-corrected chi connectivity index (χ1v) is 21.4. The molecule has 0 saturated carbocycles. The normalized spacial score (nSPS) is 13.2. The van der Waals surface area contributed by atoms with Crippen LogP contribution in [0.4, 0.5) is 5.69 Å². The topological polar surface area (TPSA) is 73.8 Å². The zero-order valence-corrected chi connectivity index (χ0v) is 39.9. The van der Waals surface area contributed by atoms with E-state index in [9.17, 15) is 10.2 Å². The molecule has 0 aliphatic heterocycles. The van der Waals surface area contributed by atoms with Gasteiger partial charge in [-0.05, 0) is 84.7 Å². The Bertz CT molecular complexity index is 2010. The van der Waals surface area contributed by atoms with E-state index in [2.05, 4.69) is 172 Å². The SMILES string of the molecule is CC(C)(C)c1cc(C(c2cc(C(C)(C)C)cc(C(C)(C)C)c2O)c2cc(C(C)(C)C)cc(C(C)(C)C)c2OCCNC(=S)Nc2ccccc2)c(O)c(C(C)(C)C)c1. The maximum absolute atomic E-state index is 12.7. The second kappa shape index (κ2) is 16.6. The van der Waals surface area contributed by atoms with Crippen molar-refractivity contribution in [2.24, 2.45) is 0 Å². The van der Waals surface area contributed by atoms with Crippen LogP contribution >= 0.6 is 12.2 Å². The highest BCUT2D eigenvalue weighted by molar-refractivity contribution is 7.80. The van der Waals surface area contributed by atoms with Gasteiger partial charge < -0.3 is 25.6 Å². The quantitative estimate of drug-likeness (QED) is 0.0807. The van der Waals surface area contributed by atoms with Crippen molar-refractivity contribution in [1.82, 2.24) is 5.32 Å². The molecule has 0 fully saturated rings. The Kier molecular flexibility index (Phi) is 13.3. The van der Waals surface area contributed by atoms with Crippen LogP contribution in [0.25, 0.3) is 0 Å².